The fourth-order valence-corrected chi connectivity index (χ4v) is 4.11. The van der Waals surface area contributed by atoms with Crippen molar-refractivity contribution in [3.8, 4) is 11.5 Å². The van der Waals surface area contributed by atoms with Gasteiger partial charge in [0.25, 0.3) is 0 Å². The number of carbonyl (C=O) groups is 1. The second-order valence-corrected chi connectivity index (χ2v) is 8.32. The molecule has 2 aromatic carbocycles. The monoisotopic (exact) mass is 452 g/mol. The maximum atomic E-state index is 12.6. The third kappa shape index (κ3) is 5.91. The molecule has 0 bridgehead atoms. The van der Waals surface area contributed by atoms with Crippen LogP contribution in [-0.4, -0.2) is 33.5 Å². The third-order valence-corrected chi connectivity index (χ3v) is 5.77. The molecule has 0 saturated heterocycles. The lowest BCUT2D eigenvalue weighted by atomic mass is 10.1. The zero-order valence-corrected chi connectivity index (χ0v) is 19.7. The molecule has 0 unspecified atom stereocenters. The van der Waals surface area contributed by atoms with Crippen molar-refractivity contribution in [3.05, 3.63) is 71.6 Å². The molecule has 0 radical (unpaired) electrons. The van der Waals surface area contributed by atoms with Gasteiger partial charge in [-0.3, -0.25) is 9.36 Å². The smallest absolute Gasteiger partial charge is 0.234 e. The lowest BCUT2D eigenvalue weighted by Gasteiger charge is -2.13. The molecule has 168 valence electrons. The molecule has 7 nitrogen and oxygen atoms in total. The Morgan fingerprint density at radius 3 is 2.41 bits per heavy atom. The van der Waals surface area contributed by atoms with E-state index in [1.54, 1.807) is 13.2 Å². The number of thioether (sulfide) groups is 1. The van der Waals surface area contributed by atoms with Gasteiger partial charge in [0.1, 0.15) is 18.1 Å². The molecule has 3 rings (SSSR count). The van der Waals surface area contributed by atoms with Crippen LogP contribution < -0.4 is 14.8 Å². The number of aryl methyl sites for hydroxylation is 3. The number of aromatic nitrogens is 3. The number of hydrogen-bond donors (Lipinski definition) is 1. The van der Waals surface area contributed by atoms with Crippen molar-refractivity contribution in [1.82, 2.24) is 14.8 Å². The summed E-state index contributed by atoms with van der Waals surface area (Å²) < 4.78 is 12.9. The van der Waals surface area contributed by atoms with Crippen molar-refractivity contribution in [1.29, 1.82) is 0 Å². The molecular formula is C24H28N4O3S. The zero-order chi connectivity index (χ0) is 23.1. The molecule has 0 spiro atoms. The Bertz CT molecular complexity index is 1070. The summed E-state index contributed by atoms with van der Waals surface area (Å²) in [5, 5.41) is 12.2. The highest BCUT2D eigenvalue weighted by Gasteiger charge is 2.15. The number of anilines is 1. The summed E-state index contributed by atoms with van der Waals surface area (Å²) in [6.45, 7) is 10.6. The maximum Gasteiger partial charge on any atom is 0.234 e. The second-order valence-electron chi connectivity index (χ2n) is 7.37. The van der Waals surface area contributed by atoms with Crippen molar-refractivity contribution in [2.24, 2.45) is 0 Å². The van der Waals surface area contributed by atoms with Crippen molar-refractivity contribution < 1.29 is 14.3 Å². The zero-order valence-electron chi connectivity index (χ0n) is 18.8. The lowest BCUT2D eigenvalue weighted by Crippen LogP contribution is -2.16. The van der Waals surface area contributed by atoms with Crippen LogP contribution in [0.25, 0.3) is 0 Å². The molecule has 1 aromatic heterocycles. The molecule has 32 heavy (non-hydrogen) atoms. The molecule has 1 heterocycles. The van der Waals surface area contributed by atoms with Crippen LogP contribution in [0.1, 0.15) is 22.5 Å². The molecule has 3 aromatic rings. The number of nitrogens with one attached hydrogen (secondary N) is 1. The summed E-state index contributed by atoms with van der Waals surface area (Å²) in [5.74, 6) is 2.26. The van der Waals surface area contributed by atoms with Crippen LogP contribution in [0.15, 0.2) is 54.2 Å². The fraction of sp³-hybridized carbons (Fsp3) is 0.292. The Balaban J connectivity index is 1.63. The number of allylic oxidation sites excluding steroid dienone is 1. The molecule has 1 N–H and O–H groups in total. The molecule has 0 saturated carbocycles. The minimum atomic E-state index is -0.0887. The molecular weight excluding hydrogens is 424 g/mol. The Morgan fingerprint density at radius 2 is 1.78 bits per heavy atom. The highest BCUT2D eigenvalue weighted by atomic mass is 32.2. The van der Waals surface area contributed by atoms with E-state index in [-0.39, 0.29) is 18.3 Å². The van der Waals surface area contributed by atoms with Crippen molar-refractivity contribution in [3.63, 3.8) is 0 Å². The summed E-state index contributed by atoms with van der Waals surface area (Å²) in [6.07, 6.45) is 1.77. The van der Waals surface area contributed by atoms with E-state index in [0.29, 0.717) is 23.3 Å². The van der Waals surface area contributed by atoms with E-state index >= 15 is 0 Å². The molecule has 0 fully saturated rings. The average Bonchev–Trinajstić information content (AvgIpc) is 3.15. The predicted octanol–water partition coefficient (Wildman–Crippen LogP) is 4.71. The van der Waals surface area contributed by atoms with E-state index in [9.17, 15) is 4.79 Å². The average molecular weight is 453 g/mol. The Hall–Kier alpha value is -3.26. The number of benzene rings is 2. The minimum absolute atomic E-state index is 0.0887. The van der Waals surface area contributed by atoms with E-state index < -0.39 is 0 Å². The first kappa shape index (κ1) is 23.4. The standard InChI is InChI=1S/C24H28N4O3S/c1-6-11-28-21(14-31-20-9-7-19(30-5)8-10-20)26-27-24(28)32-15-22(29)25-23-17(3)12-16(2)13-18(23)4/h6-10,12-13H,1,11,14-15H2,2-5H3,(H,25,29). The lowest BCUT2D eigenvalue weighted by molar-refractivity contribution is -0.113. The largest absolute Gasteiger partial charge is 0.497 e. The topological polar surface area (TPSA) is 78.3 Å². The number of ether oxygens (including phenoxy) is 2. The summed E-state index contributed by atoms with van der Waals surface area (Å²) >= 11 is 1.33. The summed E-state index contributed by atoms with van der Waals surface area (Å²) in [4.78, 5) is 12.6. The maximum absolute atomic E-state index is 12.6. The molecule has 0 aliphatic rings. The first-order valence-corrected chi connectivity index (χ1v) is 11.2. The van der Waals surface area contributed by atoms with Gasteiger partial charge in [-0.2, -0.15) is 0 Å². The van der Waals surface area contributed by atoms with Crippen LogP contribution in [0, 0.1) is 20.8 Å². The summed E-state index contributed by atoms with van der Waals surface area (Å²) in [7, 11) is 1.62. The Labute approximate surface area is 192 Å². The van der Waals surface area contributed by atoms with Crippen LogP contribution in [0.4, 0.5) is 5.69 Å². The molecule has 1 amide bonds. The van der Waals surface area contributed by atoms with Gasteiger partial charge in [-0.25, -0.2) is 0 Å². The van der Waals surface area contributed by atoms with Crippen LogP contribution in [-0.2, 0) is 17.9 Å². The van der Waals surface area contributed by atoms with Gasteiger partial charge < -0.3 is 14.8 Å². The Kier molecular flexibility index (Phi) is 7.94. The molecule has 0 aliphatic carbocycles. The van der Waals surface area contributed by atoms with Gasteiger partial charge in [-0.1, -0.05) is 35.5 Å². The van der Waals surface area contributed by atoms with Crippen LogP contribution in [0.5, 0.6) is 11.5 Å². The highest BCUT2D eigenvalue weighted by molar-refractivity contribution is 7.99. The van der Waals surface area contributed by atoms with Gasteiger partial charge in [-0.05, 0) is 56.2 Å². The SMILES string of the molecule is C=CCn1c(COc2ccc(OC)cc2)nnc1SCC(=O)Nc1c(C)cc(C)cc1C. The van der Waals surface area contributed by atoms with E-state index in [2.05, 4.69) is 34.2 Å². The van der Waals surface area contributed by atoms with E-state index in [4.69, 9.17) is 9.47 Å². The number of nitrogens with zero attached hydrogens (tertiary/aromatic N) is 3. The van der Waals surface area contributed by atoms with Crippen molar-refractivity contribution >= 4 is 23.4 Å². The quantitative estimate of drug-likeness (QED) is 0.355. The van der Waals surface area contributed by atoms with Gasteiger partial charge in [0.15, 0.2) is 11.0 Å². The van der Waals surface area contributed by atoms with Crippen LogP contribution in [0.2, 0.25) is 0 Å². The third-order valence-electron chi connectivity index (χ3n) is 4.81. The Morgan fingerprint density at radius 1 is 1.12 bits per heavy atom. The van der Waals surface area contributed by atoms with E-state index in [1.807, 2.05) is 49.6 Å². The number of carbonyl (C=O) groups excluding carboxylic acids is 1. The normalized spacial score (nSPS) is 10.6. The van der Waals surface area contributed by atoms with Crippen molar-refractivity contribution in [2.75, 3.05) is 18.2 Å². The summed E-state index contributed by atoms with van der Waals surface area (Å²) in [5.41, 5.74) is 4.14. The molecule has 8 heteroatoms. The van der Waals surface area contributed by atoms with Gasteiger partial charge >= 0.3 is 0 Å². The first-order chi connectivity index (χ1) is 15.4. The van der Waals surface area contributed by atoms with Crippen LogP contribution >= 0.6 is 11.8 Å². The predicted molar refractivity (Wildman–Crippen MR) is 128 cm³/mol. The van der Waals surface area contributed by atoms with E-state index in [0.717, 1.165) is 22.6 Å². The number of methoxy groups -OCH3 is 1. The van der Waals surface area contributed by atoms with Crippen molar-refractivity contribution in [2.45, 2.75) is 39.1 Å². The van der Waals surface area contributed by atoms with Gasteiger partial charge in [-0.15, -0.1) is 16.8 Å². The molecule has 0 atom stereocenters. The van der Waals surface area contributed by atoms with Gasteiger partial charge in [0.2, 0.25) is 5.91 Å². The van der Waals surface area contributed by atoms with Crippen LogP contribution in [0.3, 0.4) is 0 Å². The van der Waals surface area contributed by atoms with Gasteiger partial charge in [0, 0.05) is 12.2 Å². The number of amides is 1. The second kappa shape index (κ2) is 10.9. The fourth-order valence-electron chi connectivity index (χ4n) is 3.35. The summed E-state index contributed by atoms with van der Waals surface area (Å²) in [6, 6.07) is 11.5. The van der Waals surface area contributed by atoms with E-state index in [1.165, 1.54) is 17.3 Å². The number of rotatable bonds is 10. The van der Waals surface area contributed by atoms with Gasteiger partial charge in [0.05, 0.1) is 12.9 Å². The molecule has 0 aliphatic heterocycles. The minimum Gasteiger partial charge on any atom is -0.497 e. The number of hydrogen-bond acceptors (Lipinski definition) is 6. The highest BCUT2D eigenvalue weighted by Crippen LogP contribution is 2.24. The first-order valence-electron chi connectivity index (χ1n) is 10.2.